The molecule has 0 aliphatic carbocycles. The molecule has 1 aromatic carbocycles. The van der Waals surface area contributed by atoms with Crippen LogP contribution >= 0.6 is 11.3 Å². The van der Waals surface area contributed by atoms with Gasteiger partial charge in [0.2, 0.25) is 0 Å². The number of thiophene rings is 1. The topological polar surface area (TPSA) is 61.4 Å². The summed E-state index contributed by atoms with van der Waals surface area (Å²) in [6.45, 7) is 4.07. The molecule has 2 N–H and O–H groups in total. The van der Waals surface area contributed by atoms with Crippen LogP contribution in [-0.2, 0) is 6.54 Å². The van der Waals surface area contributed by atoms with Crippen LogP contribution in [0, 0.1) is 6.92 Å². The van der Waals surface area contributed by atoms with Crippen molar-refractivity contribution >= 4 is 29.0 Å². The molecular weight excluding hydrogens is 322 g/mol. The predicted molar refractivity (Wildman–Crippen MR) is 96.5 cm³/mol. The van der Waals surface area contributed by atoms with E-state index in [2.05, 4.69) is 10.6 Å². The first-order chi connectivity index (χ1) is 11.6. The molecule has 1 aliphatic heterocycles. The number of aryl methyl sites for hydroxylation is 1. The van der Waals surface area contributed by atoms with Gasteiger partial charge in [-0.05, 0) is 65.9 Å². The van der Waals surface area contributed by atoms with Gasteiger partial charge in [-0.25, -0.2) is 4.79 Å². The van der Waals surface area contributed by atoms with Gasteiger partial charge in [0.15, 0.2) is 0 Å². The fraction of sp³-hybridized carbons (Fsp3) is 0.333. The Kier molecular flexibility index (Phi) is 5.15. The lowest BCUT2D eigenvalue weighted by Crippen LogP contribution is -2.29. The van der Waals surface area contributed by atoms with Gasteiger partial charge >= 0.3 is 6.03 Å². The van der Waals surface area contributed by atoms with E-state index in [1.54, 1.807) is 23.5 Å². The van der Waals surface area contributed by atoms with Gasteiger partial charge in [-0.2, -0.15) is 11.3 Å². The molecule has 0 spiro atoms. The Morgan fingerprint density at radius 2 is 2.00 bits per heavy atom. The highest BCUT2D eigenvalue weighted by Crippen LogP contribution is 2.19. The maximum Gasteiger partial charge on any atom is 0.319 e. The second-order valence-electron chi connectivity index (χ2n) is 5.97. The van der Waals surface area contributed by atoms with Crippen LogP contribution in [0.15, 0.2) is 35.0 Å². The Morgan fingerprint density at radius 1 is 1.21 bits per heavy atom. The lowest BCUT2D eigenvalue weighted by molar-refractivity contribution is 0.0792. The average Bonchev–Trinajstić information content (AvgIpc) is 3.27. The molecule has 0 radical (unpaired) electrons. The molecule has 1 fully saturated rings. The van der Waals surface area contributed by atoms with E-state index in [4.69, 9.17) is 0 Å². The molecule has 2 aromatic rings. The first-order valence-electron chi connectivity index (χ1n) is 8.09. The molecule has 1 aliphatic rings. The van der Waals surface area contributed by atoms with Crippen LogP contribution in [0.4, 0.5) is 10.5 Å². The molecule has 3 amide bonds. The van der Waals surface area contributed by atoms with Gasteiger partial charge < -0.3 is 15.5 Å². The summed E-state index contributed by atoms with van der Waals surface area (Å²) in [5, 5.41) is 9.65. The number of carbonyl (C=O) groups excluding carboxylic acids is 2. The summed E-state index contributed by atoms with van der Waals surface area (Å²) in [5.41, 5.74) is 3.36. The van der Waals surface area contributed by atoms with Gasteiger partial charge in [-0.15, -0.1) is 0 Å². The van der Waals surface area contributed by atoms with E-state index < -0.39 is 0 Å². The number of rotatable bonds is 4. The van der Waals surface area contributed by atoms with E-state index in [0.29, 0.717) is 12.1 Å². The summed E-state index contributed by atoms with van der Waals surface area (Å²) >= 11 is 1.60. The first kappa shape index (κ1) is 16.5. The van der Waals surface area contributed by atoms with E-state index in [1.165, 1.54) is 0 Å². The summed E-state index contributed by atoms with van der Waals surface area (Å²) in [5.74, 6) is 0.0732. The molecule has 2 heterocycles. The zero-order valence-corrected chi connectivity index (χ0v) is 14.5. The van der Waals surface area contributed by atoms with Crippen molar-refractivity contribution in [3.05, 3.63) is 51.7 Å². The molecule has 0 saturated carbocycles. The van der Waals surface area contributed by atoms with Crippen molar-refractivity contribution in [3.63, 3.8) is 0 Å². The Balaban J connectivity index is 1.59. The number of amides is 3. The number of benzene rings is 1. The van der Waals surface area contributed by atoms with Crippen molar-refractivity contribution in [2.45, 2.75) is 26.3 Å². The summed E-state index contributed by atoms with van der Waals surface area (Å²) in [7, 11) is 0. The molecule has 0 unspecified atom stereocenters. The minimum absolute atomic E-state index is 0.0732. The SMILES string of the molecule is Cc1cc(C(=O)N2CCCC2)ccc1NC(=O)NCc1ccsc1. The van der Waals surface area contributed by atoms with E-state index >= 15 is 0 Å². The number of carbonyl (C=O) groups is 2. The lowest BCUT2D eigenvalue weighted by Gasteiger charge is -2.16. The maximum atomic E-state index is 12.4. The molecular formula is C18H21N3O2S. The monoisotopic (exact) mass is 343 g/mol. The van der Waals surface area contributed by atoms with Gasteiger partial charge in [-0.3, -0.25) is 4.79 Å². The van der Waals surface area contributed by atoms with Crippen LogP contribution in [0.3, 0.4) is 0 Å². The average molecular weight is 343 g/mol. The number of likely N-dealkylation sites (tertiary alicyclic amines) is 1. The first-order valence-corrected chi connectivity index (χ1v) is 9.03. The normalized spacial score (nSPS) is 13.8. The van der Waals surface area contributed by atoms with Crippen LogP contribution < -0.4 is 10.6 Å². The summed E-state index contributed by atoms with van der Waals surface area (Å²) in [6, 6.07) is 7.15. The number of urea groups is 1. The van der Waals surface area contributed by atoms with Gasteiger partial charge in [0.25, 0.3) is 5.91 Å². The molecule has 0 bridgehead atoms. The zero-order chi connectivity index (χ0) is 16.9. The van der Waals surface area contributed by atoms with E-state index in [0.717, 1.165) is 42.7 Å². The second-order valence-corrected chi connectivity index (χ2v) is 6.75. The van der Waals surface area contributed by atoms with E-state index in [9.17, 15) is 9.59 Å². The van der Waals surface area contributed by atoms with Crippen molar-refractivity contribution in [2.24, 2.45) is 0 Å². The van der Waals surface area contributed by atoms with Crippen molar-refractivity contribution in [3.8, 4) is 0 Å². The fourth-order valence-corrected chi connectivity index (χ4v) is 3.45. The molecule has 6 heteroatoms. The Bertz CT molecular complexity index is 722. The molecule has 0 atom stereocenters. The second kappa shape index (κ2) is 7.49. The Labute approximate surface area is 145 Å². The maximum absolute atomic E-state index is 12.4. The van der Waals surface area contributed by atoms with Crippen LogP contribution in [0.2, 0.25) is 0 Å². The summed E-state index contributed by atoms with van der Waals surface area (Å²) in [4.78, 5) is 26.3. The fourth-order valence-electron chi connectivity index (χ4n) is 2.78. The van der Waals surface area contributed by atoms with Gasteiger partial charge in [0.1, 0.15) is 0 Å². The minimum Gasteiger partial charge on any atom is -0.339 e. The molecule has 1 aromatic heterocycles. The number of hydrogen-bond donors (Lipinski definition) is 2. The minimum atomic E-state index is -0.247. The third kappa shape index (κ3) is 3.94. The molecule has 24 heavy (non-hydrogen) atoms. The number of hydrogen-bond acceptors (Lipinski definition) is 3. The summed E-state index contributed by atoms with van der Waals surface area (Å²) < 4.78 is 0. The highest BCUT2D eigenvalue weighted by molar-refractivity contribution is 7.07. The smallest absolute Gasteiger partial charge is 0.319 e. The Hall–Kier alpha value is -2.34. The van der Waals surface area contributed by atoms with Crippen molar-refractivity contribution in [1.29, 1.82) is 0 Å². The van der Waals surface area contributed by atoms with Crippen LogP contribution in [0.25, 0.3) is 0 Å². The van der Waals surface area contributed by atoms with Crippen LogP contribution in [0.5, 0.6) is 0 Å². The third-order valence-electron chi connectivity index (χ3n) is 4.15. The molecule has 3 rings (SSSR count). The van der Waals surface area contributed by atoms with E-state index in [1.807, 2.05) is 34.7 Å². The van der Waals surface area contributed by atoms with Gasteiger partial charge in [0.05, 0.1) is 0 Å². The molecule has 1 saturated heterocycles. The molecule has 126 valence electrons. The third-order valence-corrected chi connectivity index (χ3v) is 4.88. The number of nitrogens with one attached hydrogen (secondary N) is 2. The van der Waals surface area contributed by atoms with Crippen molar-refractivity contribution in [1.82, 2.24) is 10.2 Å². The largest absolute Gasteiger partial charge is 0.339 e. The van der Waals surface area contributed by atoms with Crippen LogP contribution in [-0.4, -0.2) is 29.9 Å². The zero-order valence-electron chi connectivity index (χ0n) is 13.7. The van der Waals surface area contributed by atoms with Crippen molar-refractivity contribution < 1.29 is 9.59 Å². The highest BCUT2D eigenvalue weighted by atomic mass is 32.1. The van der Waals surface area contributed by atoms with Gasteiger partial charge in [0, 0.05) is 30.9 Å². The van der Waals surface area contributed by atoms with Crippen LogP contribution in [0.1, 0.15) is 34.3 Å². The van der Waals surface area contributed by atoms with Gasteiger partial charge in [-0.1, -0.05) is 0 Å². The predicted octanol–water partition coefficient (Wildman–Crippen LogP) is 3.61. The van der Waals surface area contributed by atoms with Crippen molar-refractivity contribution in [2.75, 3.05) is 18.4 Å². The summed E-state index contributed by atoms with van der Waals surface area (Å²) in [6.07, 6.45) is 2.16. The standard InChI is InChI=1S/C18H21N3O2S/c1-13-10-15(17(22)21-7-2-3-8-21)4-5-16(13)20-18(23)19-11-14-6-9-24-12-14/h4-6,9-10,12H,2-3,7-8,11H2,1H3,(H2,19,20,23). The molecule has 5 nitrogen and oxygen atoms in total. The van der Waals surface area contributed by atoms with E-state index in [-0.39, 0.29) is 11.9 Å². The number of anilines is 1. The quantitative estimate of drug-likeness (QED) is 0.891. The highest BCUT2D eigenvalue weighted by Gasteiger charge is 2.19. The Morgan fingerprint density at radius 3 is 2.67 bits per heavy atom. The lowest BCUT2D eigenvalue weighted by atomic mass is 10.1. The number of nitrogens with zero attached hydrogens (tertiary/aromatic N) is 1.